The maximum atomic E-state index is 13.5. The number of rotatable bonds is 6. The van der Waals surface area contributed by atoms with E-state index < -0.39 is 23.5 Å². The fraction of sp³-hybridized carbons (Fsp3) is 0.278. The Hall–Kier alpha value is -2.48. The second-order valence-corrected chi connectivity index (χ2v) is 6.62. The highest BCUT2D eigenvalue weighted by Gasteiger charge is 2.19. The average molecular weight is 380 g/mol. The molecule has 1 heterocycles. The van der Waals surface area contributed by atoms with Crippen molar-refractivity contribution in [2.24, 2.45) is 5.73 Å². The van der Waals surface area contributed by atoms with Crippen LogP contribution in [0.5, 0.6) is 0 Å². The summed E-state index contributed by atoms with van der Waals surface area (Å²) in [4.78, 5) is 27.9. The number of carbonyl (C=O) groups is 2. The number of hydrogen-bond donors (Lipinski definition) is 1. The molecule has 0 aliphatic carbocycles. The molecule has 138 valence electrons. The Bertz CT molecular complexity index is 872. The van der Waals surface area contributed by atoms with Gasteiger partial charge in [0.15, 0.2) is 11.6 Å². The molecule has 2 N–H and O–H groups in total. The summed E-state index contributed by atoms with van der Waals surface area (Å²) in [6, 6.07) is 3.64. The standard InChI is InChI=1S/C18H18F2N2O3S/c1-9-10(2)15(17(21)24)18(22-11(9)3)26-8-14(23)25-7-12-5-4-6-13(19)16(12)20/h4-6H,7-8H2,1-3H3,(H2,21,24). The summed E-state index contributed by atoms with van der Waals surface area (Å²) in [6.45, 7) is 5.01. The van der Waals surface area contributed by atoms with Gasteiger partial charge < -0.3 is 10.5 Å². The smallest absolute Gasteiger partial charge is 0.316 e. The molecule has 0 spiro atoms. The van der Waals surface area contributed by atoms with Crippen molar-refractivity contribution in [3.8, 4) is 0 Å². The number of carbonyl (C=O) groups excluding carboxylic acids is 2. The highest BCUT2D eigenvalue weighted by Crippen LogP contribution is 2.27. The van der Waals surface area contributed by atoms with E-state index in [1.807, 2.05) is 6.92 Å². The predicted molar refractivity (Wildman–Crippen MR) is 93.8 cm³/mol. The van der Waals surface area contributed by atoms with E-state index in [2.05, 4.69) is 4.98 Å². The van der Waals surface area contributed by atoms with E-state index in [1.54, 1.807) is 13.8 Å². The van der Waals surface area contributed by atoms with Crippen LogP contribution in [0.25, 0.3) is 0 Å². The third kappa shape index (κ3) is 4.37. The first kappa shape index (κ1) is 19.8. The van der Waals surface area contributed by atoms with Gasteiger partial charge in [-0.2, -0.15) is 0 Å². The number of thioether (sulfide) groups is 1. The van der Waals surface area contributed by atoms with Crippen LogP contribution in [-0.4, -0.2) is 22.6 Å². The van der Waals surface area contributed by atoms with Gasteiger partial charge in [0.1, 0.15) is 11.6 Å². The molecule has 0 radical (unpaired) electrons. The van der Waals surface area contributed by atoms with Crippen molar-refractivity contribution < 1.29 is 23.1 Å². The third-order valence-corrected chi connectivity index (χ3v) is 4.91. The minimum absolute atomic E-state index is 0.0543. The lowest BCUT2D eigenvalue weighted by Crippen LogP contribution is -2.17. The average Bonchev–Trinajstić information content (AvgIpc) is 2.58. The lowest BCUT2D eigenvalue weighted by atomic mass is 10.0. The molecule has 0 saturated heterocycles. The van der Waals surface area contributed by atoms with Crippen LogP contribution >= 0.6 is 11.8 Å². The molecule has 0 bridgehead atoms. The van der Waals surface area contributed by atoms with Gasteiger partial charge in [0.2, 0.25) is 0 Å². The zero-order valence-corrected chi connectivity index (χ0v) is 15.4. The zero-order chi connectivity index (χ0) is 19.4. The number of primary amides is 1. The molecule has 0 unspecified atom stereocenters. The maximum Gasteiger partial charge on any atom is 0.316 e. The minimum Gasteiger partial charge on any atom is -0.460 e. The molecule has 26 heavy (non-hydrogen) atoms. The van der Waals surface area contributed by atoms with Gasteiger partial charge in [0.05, 0.1) is 11.3 Å². The number of benzene rings is 1. The van der Waals surface area contributed by atoms with E-state index in [1.165, 1.54) is 12.1 Å². The first-order valence-corrected chi connectivity index (χ1v) is 8.69. The largest absolute Gasteiger partial charge is 0.460 e. The number of nitrogens with two attached hydrogens (primary N) is 1. The Kier molecular flexibility index (Phi) is 6.31. The van der Waals surface area contributed by atoms with E-state index in [-0.39, 0.29) is 23.5 Å². The molecular formula is C18H18F2N2O3S. The van der Waals surface area contributed by atoms with Crippen LogP contribution in [0.15, 0.2) is 23.2 Å². The van der Waals surface area contributed by atoms with Gasteiger partial charge in [-0.1, -0.05) is 23.9 Å². The molecule has 1 aromatic carbocycles. The van der Waals surface area contributed by atoms with Gasteiger partial charge in [-0.3, -0.25) is 9.59 Å². The Balaban J connectivity index is 2.06. The Morgan fingerprint density at radius 1 is 1.19 bits per heavy atom. The van der Waals surface area contributed by atoms with Crippen molar-refractivity contribution in [3.05, 3.63) is 57.8 Å². The monoisotopic (exact) mass is 380 g/mol. The molecular weight excluding hydrogens is 362 g/mol. The molecule has 1 amide bonds. The molecule has 0 atom stereocenters. The molecule has 0 aliphatic rings. The zero-order valence-electron chi connectivity index (χ0n) is 14.6. The fourth-order valence-electron chi connectivity index (χ4n) is 2.29. The van der Waals surface area contributed by atoms with Crippen LogP contribution in [0, 0.1) is 32.4 Å². The summed E-state index contributed by atoms with van der Waals surface area (Å²) in [5.41, 5.74) is 7.92. The maximum absolute atomic E-state index is 13.5. The summed E-state index contributed by atoms with van der Waals surface area (Å²) in [5.74, 6) is -3.47. The highest BCUT2D eigenvalue weighted by molar-refractivity contribution is 8.00. The van der Waals surface area contributed by atoms with Crippen molar-refractivity contribution in [2.75, 3.05) is 5.75 Å². The summed E-state index contributed by atoms with van der Waals surface area (Å²) < 4.78 is 31.6. The quantitative estimate of drug-likeness (QED) is 0.615. The third-order valence-electron chi connectivity index (χ3n) is 3.96. The molecule has 1 aromatic heterocycles. The minimum atomic E-state index is -1.05. The molecule has 0 fully saturated rings. The van der Waals surface area contributed by atoms with E-state index in [9.17, 15) is 18.4 Å². The van der Waals surface area contributed by atoms with Gasteiger partial charge in [0.25, 0.3) is 5.91 Å². The number of aromatic nitrogens is 1. The molecule has 0 saturated carbocycles. The van der Waals surface area contributed by atoms with Crippen LogP contribution in [-0.2, 0) is 16.1 Å². The van der Waals surface area contributed by atoms with Crippen LogP contribution in [0.3, 0.4) is 0 Å². The highest BCUT2D eigenvalue weighted by atomic mass is 32.2. The molecule has 2 rings (SSSR count). The number of nitrogens with zero attached hydrogens (tertiary/aromatic N) is 1. The molecule has 0 aliphatic heterocycles. The number of aryl methyl sites for hydroxylation is 1. The number of hydrogen-bond acceptors (Lipinski definition) is 5. The number of esters is 1. The van der Waals surface area contributed by atoms with Gasteiger partial charge in [0, 0.05) is 11.3 Å². The van der Waals surface area contributed by atoms with Crippen molar-refractivity contribution in [3.63, 3.8) is 0 Å². The van der Waals surface area contributed by atoms with E-state index in [4.69, 9.17) is 10.5 Å². The molecule has 8 heteroatoms. The van der Waals surface area contributed by atoms with Crippen LogP contribution in [0.4, 0.5) is 8.78 Å². The van der Waals surface area contributed by atoms with Crippen LogP contribution in [0.1, 0.15) is 32.7 Å². The van der Waals surface area contributed by atoms with E-state index in [0.29, 0.717) is 10.6 Å². The number of ether oxygens (including phenoxy) is 1. The summed E-state index contributed by atoms with van der Waals surface area (Å²) in [5, 5.41) is 0.340. The normalized spacial score (nSPS) is 10.7. The van der Waals surface area contributed by atoms with Crippen LogP contribution < -0.4 is 5.73 Å². The number of amides is 1. The van der Waals surface area contributed by atoms with E-state index >= 15 is 0 Å². The predicted octanol–water partition coefficient (Wildman–Crippen LogP) is 3.22. The van der Waals surface area contributed by atoms with Crippen LogP contribution in [0.2, 0.25) is 0 Å². The Morgan fingerprint density at radius 2 is 1.88 bits per heavy atom. The van der Waals surface area contributed by atoms with Gasteiger partial charge in [-0.05, 0) is 38.0 Å². The van der Waals surface area contributed by atoms with Crippen molar-refractivity contribution in [1.29, 1.82) is 0 Å². The van der Waals surface area contributed by atoms with Gasteiger partial charge >= 0.3 is 5.97 Å². The van der Waals surface area contributed by atoms with Crippen molar-refractivity contribution >= 4 is 23.6 Å². The van der Waals surface area contributed by atoms with Gasteiger partial charge in [-0.25, -0.2) is 13.8 Å². The topological polar surface area (TPSA) is 82.3 Å². The Labute approximate surface area is 153 Å². The lowest BCUT2D eigenvalue weighted by molar-refractivity contribution is -0.141. The van der Waals surface area contributed by atoms with Crippen molar-refractivity contribution in [1.82, 2.24) is 4.98 Å². The summed E-state index contributed by atoms with van der Waals surface area (Å²) in [6.07, 6.45) is 0. The molecule has 2 aromatic rings. The second-order valence-electron chi connectivity index (χ2n) is 5.65. The second kappa shape index (κ2) is 8.27. The summed E-state index contributed by atoms with van der Waals surface area (Å²) >= 11 is 1.01. The van der Waals surface area contributed by atoms with E-state index in [0.717, 1.165) is 29.1 Å². The van der Waals surface area contributed by atoms with Crippen molar-refractivity contribution in [2.45, 2.75) is 32.4 Å². The van der Waals surface area contributed by atoms with Gasteiger partial charge in [-0.15, -0.1) is 0 Å². The summed E-state index contributed by atoms with van der Waals surface area (Å²) in [7, 11) is 0. The fourth-order valence-corrected chi connectivity index (χ4v) is 3.23. The number of pyridine rings is 1. The first-order chi connectivity index (χ1) is 12.2. The first-order valence-electron chi connectivity index (χ1n) is 7.71. The number of halogens is 2. The Morgan fingerprint density at radius 3 is 2.54 bits per heavy atom. The SMILES string of the molecule is Cc1nc(SCC(=O)OCc2cccc(F)c2F)c(C(N)=O)c(C)c1C. The molecule has 5 nitrogen and oxygen atoms in total. The lowest BCUT2D eigenvalue weighted by Gasteiger charge is -2.13.